The first-order valence-corrected chi connectivity index (χ1v) is 9.18. The van der Waals surface area contributed by atoms with E-state index >= 15 is 0 Å². The van der Waals surface area contributed by atoms with E-state index in [0.717, 1.165) is 36.4 Å². The van der Waals surface area contributed by atoms with Crippen LogP contribution in [0.1, 0.15) is 31.2 Å². The molecule has 6 heteroatoms. The minimum Gasteiger partial charge on any atom is -0.335 e. The van der Waals surface area contributed by atoms with E-state index in [-0.39, 0.29) is 11.9 Å². The minimum absolute atomic E-state index is 0.0221. The summed E-state index contributed by atoms with van der Waals surface area (Å²) >= 11 is 5.86. The van der Waals surface area contributed by atoms with Crippen molar-refractivity contribution in [2.45, 2.75) is 38.1 Å². The number of rotatable bonds is 7. The monoisotopic (exact) mass is 371 g/mol. The molecule has 0 unspecified atom stereocenters. The Morgan fingerprint density at radius 2 is 1.54 bits per heavy atom. The van der Waals surface area contributed by atoms with E-state index < -0.39 is 0 Å². The summed E-state index contributed by atoms with van der Waals surface area (Å²) in [7, 11) is 0. The quantitative estimate of drug-likeness (QED) is 0.666. The normalized spacial score (nSPS) is 13.1. The van der Waals surface area contributed by atoms with Crippen LogP contribution in [0.5, 0.6) is 0 Å². The lowest BCUT2D eigenvalue weighted by molar-refractivity contribution is -0.116. The molecule has 0 aliphatic heterocycles. The van der Waals surface area contributed by atoms with E-state index in [1.54, 1.807) is 24.3 Å². The molecule has 3 rings (SSSR count). The fraction of sp³-hybridized carbons (Fsp3) is 0.300. The number of hydrogen-bond acceptors (Lipinski definition) is 2. The zero-order valence-electron chi connectivity index (χ0n) is 14.4. The molecule has 2 aromatic rings. The van der Waals surface area contributed by atoms with Gasteiger partial charge in [0.2, 0.25) is 5.91 Å². The number of halogens is 1. The second-order valence-electron chi connectivity index (χ2n) is 6.48. The van der Waals surface area contributed by atoms with Gasteiger partial charge >= 0.3 is 6.03 Å². The van der Waals surface area contributed by atoms with Gasteiger partial charge in [0, 0.05) is 28.9 Å². The topological polar surface area (TPSA) is 70.2 Å². The molecule has 0 aromatic heterocycles. The maximum absolute atomic E-state index is 12.0. The molecule has 1 aliphatic rings. The zero-order valence-corrected chi connectivity index (χ0v) is 15.2. The number of aryl methyl sites for hydroxylation is 1. The SMILES string of the molecule is O=C(CCCc1ccc(Cl)cc1)Nc1ccc(NC(=O)NC2CC2)cc1. The Morgan fingerprint density at radius 1 is 0.923 bits per heavy atom. The van der Waals surface area contributed by atoms with Crippen molar-refractivity contribution in [3.63, 3.8) is 0 Å². The van der Waals surface area contributed by atoms with Crippen LogP contribution in [0.15, 0.2) is 48.5 Å². The third-order valence-corrected chi connectivity index (χ3v) is 4.37. The highest BCUT2D eigenvalue weighted by atomic mass is 35.5. The molecular weight excluding hydrogens is 350 g/mol. The molecule has 3 N–H and O–H groups in total. The van der Waals surface area contributed by atoms with Gasteiger partial charge in [0.15, 0.2) is 0 Å². The standard InChI is InChI=1S/C20H22ClN3O2/c21-15-6-4-14(5-7-15)2-1-3-19(25)22-16-8-10-17(11-9-16)23-20(26)24-18-12-13-18/h4-11,18H,1-3,12-13H2,(H,22,25)(H2,23,24,26). The molecule has 1 saturated carbocycles. The molecule has 0 atom stereocenters. The number of benzene rings is 2. The van der Waals surface area contributed by atoms with Gasteiger partial charge in [0.25, 0.3) is 0 Å². The van der Waals surface area contributed by atoms with E-state index in [4.69, 9.17) is 11.6 Å². The molecule has 0 spiro atoms. The Labute approximate surface area is 158 Å². The number of amides is 3. The minimum atomic E-state index is -0.188. The fourth-order valence-electron chi connectivity index (χ4n) is 2.54. The predicted molar refractivity (Wildman–Crippen MR) is 105 cm³/mol. The van der Waals surface area contributed by atoms with Crippen molar-refractivity contribution in [3.05, 3.63) is 59.1 Å². The molecule has 5 nitrogen and oxygen atoms in total. The molecule has 3 amide bonds. The second kappa shape index (κ2) is 8.72. The van der Waals surface area contributed by atoms with Crippen molar-refractivity contribution in [1.82, 2.24) is 5.32 Å². The molecule has 0 radical (unpaired) electrons. The molecule has 136 valence electrons. The summed E-state index contributed by atoms with van der Waals surface area (Å²) in [6, 6.07) is 14.9. The van der Waals surface area contributed by atoms with Crippen molar-refractivity contribution in [1.29, 1.82) is 0 Å². The Bertz CT molecular complexity index is 756. The molecule has 1 fully saturated rings. The number of anilines is 2. The maximum Gasteiger partial charge on any atom is 0.319 e. The van der Waals surface area contributed by atoms with Gasteiger partial charge in [-0.15, -0.1) is 0 Å². The lowest BCUT2D eigenvalue weighted by Gasteiger charge is -2.09. The lowest BCUT2D eigenvalue weighted by Crippen LogP contribution is -2.30. The van der Waals surface area contributed by atoms with Gasteiger partial charge in [-0.2, -0.15) is 0 Å². The summed E-state index contributed by atoms with van der Waals surface area (Å²) in [4.78, 5) is 23.7. The first-order chi connectivity index (χ1) is 12.6. The maximum atomic E-state index is 12.0. The molecule has 0 heterocycles. The highest BCUT2D eigenvalue weighted by Gasteiger charge is 2.23. The zero-order chi connectivity index (χ0) is 18.4. The number of hydrogen-bond donors (Lipinski definition) is 3. The smallest absolute Gasteiger partial charge is 0.319 e. The van der Waals surface area contributed by atoms with Crippen LogP contribution in [0.2, 0.25) is 5.02 Å². The molecule has 26 heavy (non-hydrogen) atoms. The summed E-state index contributed by atoms with van der Waals surface area (Å²) < 4.78 is 0. The fourth-order valence-corrected chi connectivity index (χ4v) is 2.67. The third-order valence-electron chi connectivity index (χ3n) is 4.12. The highest BCUT2D eigenvalue weighted by molar-refractivity contribution is 6.30. The van der Waals surface area contributed by atoms with E-state index in [9.17, 15) is 9.59 Å². The molecular formula is C20H22ClN3O2. The molecule has 1 aliphatic carbocycles. The van der Waals surface area contributed by atoms with Crippen LogP contribution < -0.4 is 16.0 Å². The summed E-state index contributed by atoms with van der Waals surface area (Å²) in [5, 5.41) is 9.23. The Balaban J connectivity index is 1.39. The second-order valence-corrected chi connectivity index (χ2v) is 6.91. The Hall–Kier alpha value is -2.53. The van der Waals surface area contributed by atoms with E-state index in [1.807, 2.05) is 24.3 Å². The summed E-state index contributed by atoms with van der Waals surface area (Å²) in [5.41, 5.74) is 2.58. The third kappa shape index (κ3) is 6.08. The van der Waals surface area contributed by atoms with Gasteiger partial charge < -0.3 is 16.0 Å². The van der Waals surface area contributed by atoms with Crippen LogP contribution in [0.3, 0.4) is 0 Å². The van der Waals surface area contributed by atoms with Crippen molar-refractivity contribution < 1.29 is 9.59 Å². The summed E-state index contributed by atoms with van der Waals surface area (Å²) in [6.45, 7) is 0. The Morgan fingerprint density at radius 3 is 2.15 bits per heavy atom. The van der Waals surface area contributed by atoms with E-state index in [0.29, 0.717) is 18.2 Å². The number of carbonyl (C=O) groups is 2. The summed E-state index contributed by atoms with van der Waals surface area (Å²) in [6.07, 6.45) is 4.16. The number of urea groups is 1. The van der Waals surface area contributed by atoms with Gasteiger partial charge in [0.1, 0.15) is 0 Å². The predicted octanol–water partition coefficient (Wildman–Crippen LogP) is 4.59. The first-order valence-electron chi connectivity index (χ1n) is 8.80. The van der Waals surface area contributed by atoms with Crippen LogP contribution in [0.4, 0.5) is 16.2 Å². The average Bonchev–Trinajstić information content (AvgIpc) is 3.42. The van der Waals surface area contributed by atoms with Crippen LogP contribution in [-0.2, 0) is 11.2 Å². The van der Waals surface area contributed by atoms with Crippen LogP contribution >= 0.6 is 11.6 Å². The van der Waals surface area contributed by atoms with Crippen LogP contribution in [0.25, 0.3) is 0 Å². The van der Waals surface area contributed by atoms with Crippen LogP contribution in [-0.4, -0.2) is 18.0 Å². The molecule has 2 aromatic carbocycles. The van der Waals surface area contributed by atoms with E-state index in [1.165, 1.54) is 5.56 Å². The summed E-state index contributed by atoms with van der Waals surface area (Å²) in [5.74, 6) is -0.0221. The number of carbonyl (C=O) groups excluding carboxylic acids is 2. The van der Waals surface area contributed by atoms with Gasteiger partial charge in [-0.3, -0.25) is 4.79 Å². The van der Waals surface area contributed by atoms with Crippen LogP contribution in [0, 0.1) is 0 Å². The van der Waals surface area contributed by atoms with Gasteiger partial charge in [-0.1, -0.05) is 23.7 Å². The highest BCUT2D eigenvalue weighted by Crippen LogP contribution is 2.19. The number of nitrogens with one attached hydrogen (secondary N) is 3. The van der Waals surface area contributed by atoms with E-state index in [2.05, 4.69) is 16.0 Å². The molecule has 0 saturated heterocycles. The average molecular weight is 372 g/mol. The van der Waals surface area contributed by atoms with Gasteiger partial charge in [-0.25, -0.2) is 4.79 Å². The first kappa shape index (κ1) is 18.3. The van der Waals surface area contributed by atoms with Crippen molar-refractivity contribution >= 4 is 34.9 Å². The molecule has 0 bridgehead atoms. The van der Waals surface area contributed by atoms with Crippen molar-refractivity contribution in [2.75, 3.05) is 10.6 Å². The van der Waals surface area contributed by atoms with Crippen molar-refractivity contribution in [2.24, 2.45) is 0 Å². The van der Waals surface area contributed by atoms with Crippen molar-refractivity contribution in [3.8, 4) is 0 Å². The van der Waals surface area contributed by atoms with Gasteiger partial charge in [0.05, 0.1) is 0 Å². The largest absolute Gasteiger partial charge is 0.335 e. The lowest BCUT2D eigenvalue weighted by atomic mass is 10.1. The Kier molecular flexibility index (Phi) is 6.12. The van der Waals surface area contributed by atoms with Gasteiger partial charge in [-0.05, 0) is 67.6 Å².